The fourth-order valence-electron chi connectivity index (χ4n) is 13.1. The topological polar surface area (TPSA) is 220 Å². The van der Waals surface area contributed by atoms with Crippen molar-refractivity contribution in [3.63, 3.8) is 0 Å². The van der Waals surface area contributed by atoms with Crippen molar-refractivity contribution in [3.05, 3.63) is 242 Å². The number of alkyl halides is 4. The molecule has 2 atom stereocenters. The molecule has 0 radical (unpaired) electrons. The zero-order chi connectivity index (χ0) is 74.0. The first kappa shape index (κ1) is 72.8. The summed E-state index contributed by atoms with van der Waals surface area (Å²) in [7, 11) is 4.00. The average molecular weight is 1450 g/mol. The standard InChI is InChI=1S/C21H25N5O.C20H20F2N4O2.C19H18F2N4O2.C18H17FN4O/c1-15-13-25(10-9-22-15)18-7-8-20-23-19(12-21(27)26(20)14-18)16-5-4-6-17(11-16)24(2)3;1-13-11-25(9-8-23-13)15-4-7-18-24-17(10-19(27)26(18)12-15)14-2-5-16(6-3-14)28-20(21)22;20-19(21)27-15-4-1-13(2-5-15)16-11-18(26)25-12-14(3-6-17(25)23-16)24-9-7-22-8-10-24;19-14-3-1-2-13(10-14)16-11-18(24)23-12-15(4-5-17(23)21-16)22-8-6-20-7-9-22/h4-8,11-12,14-15,22H,9-10,13H2,1-3H3;2-7,10,12-13,20,23H,8-9,11H2,1H3;1-6,11-12,19,22H,7-10H2;1-5,10-12,20H,6-9H2/t15-;13-;;/m00../s1. The van der Waals surface area contributed by atoms with Crippen LogP contribution in [0.25, 0.3) is 67.6 Å². The largest absolute Gasteiger partial charge is 0.435 e. The van der Waals surface area contributed by atoms with E-state index in [4.69, 9.17) is 4.98 Å². The summed E-state index contributed by atoms with van der Waals surface area (Å²) in [6.07, 6.45) is 7.35. The van der Waals surface area contributed by atoms with Gasteiger partial charge < -0.3 is 55.2 Å². The Hall–Kier alpha value is -11.6. The molecule has 0 aliphatic carbocycles. The molecule has 0 saturated carbocycles. The smallest absolute Gasteiger partial charge is 0.387 e. The van der Waals surface area contributed by atoms with Gasteiger partial charge in [0.1, 0.15) is 39.9 Å². The van der Waals surface area contributed by atoms with Crippen LogP contribution in [0.2, 0.25) is 0 Å². The zero-order valence-corrected chi connectivity index (χ0v) is 58.8. The van der Waals surface area contributed by atoms with E-state index in [0.717, 1.165) is 126 Å². The van der Waals surface area contributed by atoms with Crippen LogP contribution in [0, 0.1) is 5.82 Å². The van der Waals surface area contributed by atoms with Gasteiger partial charge in [-0.2, -0.15) is 17.6 Å². The fourth-order valence-corrected chi connectivity index (χ4v) is 13.1. The molecule has 0 spiro atoms. The molecule has 0 unspecified atom stereocenters. The van der Waals surface area contributed by atoms with Crippen LogP contribution in [-0.2, 0) is 0 Å². The lowest BCUT2D eigenvalue weighted by molar-refractivity contribution is -0.0505. The second-order valence-electron chi connectivity index (χ2n) is 26.2. The summed E-state index contributed by atoms with van der Waals surface area (Å²) in [5.41, 5.74) is 11.8. The number of hydrogen-bond acceptors (Lipinski definition) is 19. The van der Waals surface area contributed by atoms with Gasteiger partial charge in [-0.05, 0) is 135 Å². The van der Waals surface area contributed by atoms with Gasteiger partial charge in [0, 0.05) is 195 Å². The van der Waals surface area contributed by atoms with Gasteiger partial charge in [0.25, 0.3) is 22.2 Å². The summed E-state index contributed by atoms with van der Waals surface area (Å²) in [5, 5.41) is 13.4. The Morgan fingerprint density at radius 1 is 0.396 bits per heavy atom. The van der Waals surface area contributed by atoms with E-state index in [0.29, 0.717) is 74.1 Å². The number of benzene rings is 4. The Morgan fingerprint density at radius 3 is 1.07 bits per heavy atom. The number of hydrogen-bond donors (Lipinski definition) is 4. The molecule has 28 heteroatoms. The molecule has 106 heavy (non-hydrogen) atoms. The number of pyridine rings is 4. The average Bonchev–Trinajstić information content (AvgIpc) is 0.803. The lowest BCUT2D eigenvalue weighted by Crippen LogP contribution is -2.49. The molecule has 4 aromatic carbocycles. The van der Waals surface area contributed by atoms with Crippen molar-refractivity contribution in [2.45, 2.75) is 39.2 Å². The number of fused-ring (bicyclic) bond motifs is 4. The number of ether oxygens (including phenoxy) is 2. The summed E-state index contributed by atoms with van der Waals surface area (Å²) in [6.45, 7) is 11.3. The maximum Gasteiger partial charge on any atom is 0.387 e. The van der Waals surface area contributed by atoms with Gasteiger partial charge in [-0.25, -0.2) is 24.3 Å². The van der Waals surface area contributed by atoms with Gasteiger partial charge in [0.15, 0.2) is 0 Å². The van der Waals surface area contributed by atoms with Crippen molar-refractivity contribution in [3.8, 4) is 56.5 Å². The fraction of sp³-hybridized carbons (Fsp3) is 0.282. The Morgan fingerprint density at radius 2 is 0.726 bits per heavy atom. The number of anilines is 5. The molecule has 23 nitrogen and oxygen atoms in total. The molecule has 548 valence electrons. The minimum absolute atomic E-state index is 0.0599. The first-order valence-electron chi connectivity index (χ1n) is 35.0. The van der Waals surface area contributed by atoms with Crippen LogP contribution in [0.3, 0.4) is 0 Å². The minimum atomic E-state index is -2.87. The molecule has 8 aromatic heterocycles. The van der Waals surface area contributed by atoms with Crippen molar-refractivity contribution in [2.24, 2.45) is 0 Å². The van der Waals surface area contributed by atoms with Gasteiger partial charge in [-0.15, -0.1) is 0 Å². The predicted molar refractivity (Wildman–Crippen MR) is 405 cm³/mol. The van der Waals surface area contributed by atoms with E-state index in [1.807, 2.05) is 98.2 Å². The van der Waals surface area contributed by atoms with Crippen LogP contribution in [0.1, 0.15) is 13.8 Å². The number of rotatable bonds is 13. The van der Waals surface area contributed by atoms with Gasteiger partial charge >= 0.3 is 13.2 Å². The van der Waals surface area contributed by atoms with E-state index in [1.54, 1.807) is 57.5 Å². The van der Waals surface area contributed by atoms with Crippen molar-refractivity contribution in [1.29, 1.82) is 0 Å². The van der Waals surface area contributed by atoms with Crippen LogP contribution in [0.4, 0.5) is 50.4 Å². The number of halogens is 5. The molecule has 16 rings (SSSR count). The third-order valence-electron chi connectivity index (χ3n) is 18.5. The number of nitrogens with one attached hydrogen (secondary N) is 4. The first-order valence-corrected chi connectivity index (χ1v) is 35.0. The summed E-state index contributed by atoms with van der Waals surface area (Å²) in [4.78, 5) is 79.8. The predicted octanol–water partition coefficient (Wildman–Crippen LogP) is 9.27. The highest BCUT2D eigenvalue weighted by atomic mass is 19.3. The highest BCUT2D eigenvalue weighted by Gasteiger charge is 2.21. The molecule has 12 heterocycles. The van der Waals surface area contributed by atoms with Crippen LogP contribution >= 0.6 is 0 Å². The highest BCUT2D eigenvalue weighted by molar-refractivity contribution is 5.69. The molecule has 4 N–H and O–H groups in total. The maximum absolute atomic E-state index is 13.4. The lowest BCUT2D eigenvalue weighted by Gasteiger charge is -2.33. The van der Waals surface area contributed by atoms with E-state index in [1.165, 1.54) is 63.4 Å². The zero-order valence-electron chi connectivity index (χ0n) is 58.8. The second-order valence-corrected chi connectivity index (χ2v) is 26.2. The molecule has 4 aliphatic heterocycles. The minimum Gasteiger partial charge on any atom is -0.435 e. The molecular formula is C78H80F5N17O6. The molecule has 0 amide bonds. The Labute approximate surface area is 606 Å². The number of aromatic nitrogens is 8. The van der Waals surface area contributed by atoms with Crippen LogP contribution in [-0.4, -0.2) is 169 Å². The third kappa shape index (κ3) is 17.8. The van der Waals surface area contributed by atoms with E-state index >= 15 is 0 Å². The first-order chi connectivity index (χ1) is 51.3. The Kier molecular flexibility index (Phi) is 22.7. The van der Waals surface area contributed by atoms with E-state index in [2.05, 4.69) is 91.3 Å². The molecule has 12 aromatic rings. The van der Waals surface area contributed by atoms with E-state index < -0.39 is 13.2 Å². The summed E-state index contributed by atoms with van der Waals surface area (Å²) in [5.74, 6) is -0.221. The SMILES string of the molecule is C[C@H]1CN(c2ccc3nc(-c4ccc(OC(F)F)cc4)cc(=O)n3c2)CCN1.C[C@H]1CN(c2ccc3nc(-c4cccc(N(C)C)c4)cc(=O)n3c2)CCN1.O=c1cc(-c2ccc(OC(F)F)cc2)nc2ccc(N3CCNCC3)cn12.O=c1cc(-c2cccc(F)c2)nc2ccc(N3CCNCC3)cn12. The summed E-state index contributed by atoms with van der Waals surface area (Å²) < 4.78 is 77.4. The van der Waals surface area contributed by atoms with E-state index in [-0.39, 0.29) is 39.6 Å². The van der Waals surface area contributed by atoms with Gasteiger partial charge in [-0.3, -0.25) is 36.8 Å². The van der Waals surface area contributed by atoms with Crippen LogP contribution < -0.4 is 77.5 Å². The Balaban J connectivity index is 0.000000125. The van der Waals surface area contributed by atoms with E-state index in [9.17, 15) is 41.1 Å². The molecule has 0 bridgehead atoms. The van der Waals surface area contributed by atoms with Crippen molar-refractivity contribution < 1.29 is 31.4 Å². The van der Waals surface area contributed by atoms with Gasteiger partial charge in [-0.1, -0.05) is 24.3 Å². The van der Waals surface area contributed by atoms with Gasteiger partial charge in [0.05, 0.1) is 45.5 Å². The van der Waals surface area contributed by atoms with Crippen molar-refractivity contribution in [2.75, 3.05) is 130 Å². The summed E-state index contributed by atoms with van der Waals surface area (Å²) in [6, 6.07) is 48.4. The van der Waals surface area contributed by atoms with Crippen LogP contribution in [0.15, 0.2) is 214 Å². The quantitative estimate of drug-likeness (QED) is 0.0790. The number of nitrogens with zero attached hydrogens (tertiary/aromatic N) is 13. The third-order valence-corrected chi connectivity index (χ3v) is 18.5. The summed E-state index contributed by atoms with van der Waals surface area (Å²) >= 11 is 0. The molecule has 4 saturated heterocycles. The molecule has 4 fully saturated rings. The van der Waals surface area contributed by atoms with Crippen molar-refractivity contribution >= 4 is 51.0 Å². The number of piperazine rings is 4. The van der Waals surface area contributed by atoms with Crippen LogP contribution in [0.5, 0.6) is 11.5 Å². The Bertz CT molecular complexity index is 5330. The normalized spacial score (nSPS) is 16.1. The maximum atomic E-state index is 13.4. The van der Waals surface area contributed by atoms with Gasteiger partial charge in [0.2, 0.25) is 0 Å². The molecule has 4 aliphatic rings. The highest BCUT2D eigenvalue weighted by Crippen LogP contribution is 2.28. The molecular weight excluding hydrogens is 1370 g/mol. The lowest BCUT2D eigenvalue weighted by atomic mass is 10.1. The second kappa shape index (κ2) is 33.0. The monoisotopic (exact) mass is 1450 g/mol. The van der Waals surface area contributed by atoms with Crippen molar-refractivity contribution in [1.82, 2.24) is 58.8 Å².